The van der Waals surface area contributed by atoms with Crippen LogP contribution in [0.25, 0.3) is 16.3 Å². The van der Waals surface area contributed by atoms with Crippen LogP contribution in [0.2, 0.25) is 4.34 Å². The number of hydrogen-bond acceptors (Lipinski definition) is 4. The highest BCUT2D eigenvalue weighted by Gasteiger charge is 2.21. The number of carboxylic acid groups (broad SMARTS) is 1. The van der Waals surface area contributed by atoms with Crippen LogP contribution in [0.4, 0.5) is 10.1 Å². The van der Waals surface area contributed by atoms with Crippen LogP contribution in [-0.2, 0) is 0 Å². The molecule has 0 bridgehead atoms. The first kappa shape index (κ1) is 19.8. The van der Waals surface area contributed by atoms with Gasteiger partial charge >= 0.3 is 5.97 Å². The van der Waals surface area contributed by atoms with Gasteiger partial charge in [0.1, 0.15) is 11.5 Å². The molecule has 0 radical (unpaired) electrons. The van der Waals surface area contributed by atoms with E-state index in [1.165, 1.54) is 17.4 Å². The molecule has 0 aliphatic heterocycles. The summed E-state index contributed by atoms with van der Waals surface area (Å²) in [6.07, 6.45) is 1.56. The highest BCUT2D eigenvalue weighted by atomic mass is 35.5. The molecule has 4 rings (SSSR count). The first-order valence-corrected chi connectivity index (χ1v) is 9.86. The number of carbonyl (C=O) groups excluding carboxylic acids is 1. The van der Waals surface area contributed by atoms with Gasteiger partial charge in [0.2, 0.25) is 0 Å². The van der Waals surface area contributed by atoms with Gasteiger partial charge in [-0.1, -0.05) is 29.8 Å². The standard InChI is InChI=1S/C21H13ClFN3O3S/c22-18-7-6-17(30-18)19-16(11-26(25-19)15-4-2-1-3-5-15)20(27)24-14-9-12(21(28)29)8-13(23)10-14/h1-11H,(H,24,27)(H,28,29). The molecule has 0 aliphatic carbocycles. The van der Waals surface area contributed by atoms with Crippen molar-refractivity contribution in [3.05, 3.63) is 88.1 Å². The Morgan fingerprint density at radius 3 is 2.53 bits per heavy atom. The predicted molar refractivity (Wildman–Crippen MR) is 113 cm³/mol. The number of halogens is 2. The second-order valence-corrected chi connectivity index (χ2v) is 7.98. The fourth-order valence-corrected chi connectivity index (χ4v) is 3.90. The summed E-state index contributed by atoms with van der Waals surface area (Å²) in [5, 5.41) is 16.2. The Balaban J connectivity index is 1.74. The van der Waals surface area contributed by atoms with Gasteiger partial charge < -0.3 is 10.4 Å². The second-order valence-electron chi connectivity index (χ2n) is 6.26. The Kier molecular flexibility index (Phi) is 5.35. The van der Waals surface area contributed by atoms with Gasteiger partial charge in [-0.05, 0) is 42.5 Å². The maximum atomic E-state index is 13.8. The molecule has 0 saturated heterocycles. The lowest BCUT2D eigenvalue weighted by Gasteiger charge is -2.06. The van der Waals surface area contributed by atoms with Crippen molar-refractivity contribution in [2.24, 2.45) is 0 Å². The van der Waals surface area contributed by atoms with E-state index in [1.54, 1.807) is 23.0 Å². The summed E-state index contributed by atoms with van der Waals surface area (Å²) in [6, 6.07) is 15.8. The Hall–Kier alpha value is -3.49. The number of carbonyl (C=O) groups is 2. The van der Waals surface area contributed by atoms with Crippen molar-refractivity contribution in [3.8, 4) is 16.3 Å². The lowest BCUT2D eigenvalue weighted by molar-refractivity contribution is 0.0696. The Morgan fingerprint density at radius 2 is 1.87 bits per heavy atom. The first-order chi connectivity index (χ1) is 14.4. The third-order valence-electron chi connectivity index (χ3n) is 4.19. The zero-order valence-corrected chi connectivity index (χ0v) is 16.7. The quantitative estimate of drug-likeness (QED) is 0.437. The van der Waals surface area contributed by atoms with E-state index >= 15 is 0 Å². The van der Waals surface area contributed by atoms with Crippen molar-refractivity contribution in [1.82, 2.24) is 9.78 Å². The third kappa shape index (κ3) is 4.10. The molecule has 0 saturated carbocycles. The van der Waals surface area contributed by atoms with Gasteiger partial charge in [0.25, 0.3) is 5.91 Å². The van der Waals surface area contributed by atoms with E-state index in [-0.39, 0.29) is 16.8 Å². The summed E-state index contributed by atoms with van der Waals surface area (Å²) >= 11 is 7.31. The van der Waals surface area contributed by atoms with Crippen LogP contribution < -0.4 is 5.32 Å². The van der Waals surface area contributed by atoms with Crippen LogP contribution in [0.1, 0.15) is 20.7 Å². The highest BCUT2D eigenvalue weighted by Crippen LogP contribution is 2.33. The molecule has 0 atom stereocenters. The van der Waals surface area contributed by atoms with Gasteiger partial charge in [-0.2, -0.15) is 5.10 Å². The van der Waals surface area contributed by atoms with Gasteiger partial charge in [-0.3, -0.25) is 4.79 Å². The van der Waals surface area contributed by atoms with Gasteiger partial charge in [-0.15, -0.1) is 11.3 Å². The minimum absolute atomic E-state index is 0.0278. The maximum absolute atomic E-state index is 13.8. The summed E-state index contributed by atoms with van der Waals surface area (Å²) in [7, 11) is 0. The monoisotopic (exact) mass is 441 g/mol. The van der Waals surface area contributed by atoms with Gasteiger partial charge in [-0.25, -0.2) is 13.9 Å². The summed E-state index contributed by atoms with van der Waals surface area (Å²) in [5.41, 5.74) is 1.15. The molecule has 4 aromatic rings. The zero-order valence-electron chi connectivity index (χ0n) is 15.2. The molecule has 2 N–H and O–H groups in total. The number of carboxylic acids is 1. The molecule has 9 heteroatoms. The number of benzene rings is 2. The lowest BCUT2D eigenvalue weighted by atomic mass is 10.1. The van der Waals surface area contributed by atoms with Crippen LogP contribution >= 0.6 is 22.9 Å². The number of aromatic nitrogens is 2. The van der Waals surface area contributed by atoms with Crippen LogP contribution in [0.15, 0.2) is 66.9 Å². The largest absolute Gasteiger partial charge is 0.478 e. The summed E-state index contributed by atoms with van der Waals surface area (Å²) in [5.74, 6) is -2.62. The molecular formula is C21H13ClFN3O3S. The number of para-hydroxylation sites is 1. The minimum atomic E-state index is -1.30. The normalized spacial score (nSPS) is 10.7. The highest BCUT2D eigenvalue weighted by molar-refractivity contribution is 7.19. The molecular weight excluding hydrogens is 429 g/mol. The molecule has 2 aromatic heterocycles. The second kappa shape index (κ2) is 8.10. The van der Waals surface area contributed by atoms with E-state index in [9.17, 15) is 14.0 Å². The van der Waals surface area contributed by atoms with Crippen molar-refractivity contribution >= 4 is 40.5 Å². The SMILES string of the molecule is O=C(O)c1cc(F)cc(NC(=O)c2cn(-c3ccccc3)nc2-c2ccc(Cl)s2)c1. The molecule has 6 nitrogen and oxygen atoms in total. The molecule has 0 aliphatic rings. The zero-order chi connectivity index (χ0) is 21.3. The number of aromatic carboxylic acids is 1. The molecule has 0 spiro atoms. The van der Waals surface area contributed by atoms with Crippen molar-refractivity contribution < 1.29 is 19.1 Å². The fourth-order valence-electron chi connectivity index (χ4n) is 2.86. The average molecular weight is 442 g/mol. The van der Waals surface area contributed by atoms with E-state index < -0.39 is 17.7 Å². The number of thiophene rings is 1. The number of rotatable bonds is 5. The Morgan fingerprint density at radius 1 is 1.10 bits per heavy atom. The van der Waals surface area contributed by atoms with Crippen molar-refractivity contribution in [2.75, 3.05) is 5.32 Å². The Bertz CT molecular complexity index is 1250. The fraction of sp³-hybridized carbons (Fsp3) is 0. The summed E-state index contributed by atoms with van der Waals surface area (Å²) in [4.78, 5) is 24.8. The third-order valence-corrected chi connectivity index (χ3v) is 5.43. The molecule has 1 amide bonds. The number of amides is 1. The number of nitrogens with one attached hydrogen (secondary N) is 1. The van der Waals surface area contributed by atoms with E-state index in [4.69, 9.17) is 16.7 Å². The molecule has 150 valence electrons. The van der Waals surface area contributed by atoms with Gasteiger partial charge in [0.05, 0.1) is 26.0 Å². The lowest BCUT2D eigenvalue weighted by Crippen LogP contribution is -2.13. The van der Waals surface area contributed by atoms with E-state index in [0.29, 0.717) is 14.9 Å². The van der Waals surface area contributed by atoms with Crippen molar-refractivity contribution in [2.45, 2.75) is 0 Å². The maximum Gasteiger partial charge on any atom is 0.335 e. The molecule has 2 aromatic carbocycles. The first-order valence-electron chi connectivity index (χ1n) is 8.67. The smallest absolute Gasteiger partial charge is 0.335 e. The molecule has 0 fully saturated rings. The topological polar surface area (TPSA) is 84.2 Å². The molecule has 0 unspecified atom stereocenters. The van der Waals surface area contributed by atoms with Crippen molar-refractivity contribution in [1.29, 1.82) is 0 Å². The van der Waals surface area contributed by atoms with Crippen LogP contribution in [0, 0.1) is 5.82 Å². The van der Waals surface area contributed by atoms with Crippen LogP contribution in [-0.4, -0.2) is 26.8 Å². The van der Waals surface area contributed by atoms with Crippen LogP contribution in [0.3, 0.4) is 0 Å². The van der Waals surface area contributed by atoms with E-state index in [0.717, 1.165) is 17.8 Å². The predicted octanol–water partition coefficient (Wildman–Crippen LogP) is 5.34. The molecule has 2 heterocycles. The van der Waals surface area contributed by atoms with Gasteiger partial charge in [0, 0.05) is 11.9 Å². The van der Waals surface area contributed by atoms with E-state index in [1.807, 2.05) is 30.3 Å². The van der Waals surface area contributed by atoms with Crippen molar-refractivity contribution in [3.63, 3.8) is 0 Å². The van der Waals surface area contributed by atoms with E-state index in [2.05, 4.69) is 10.4 Å². The van der Waals surface area contributed by atoms with Crippen LogP contribution in [0.5, 0.6) is 0 Å². The summed E-state index contributed by atoms with van der Waals surface area (Å²) < 4.78 is 15.9. The number of anilines is 1. The average Bonchev–Trinajstić information content (AvgIpc) is 3.34. The minimum Gasteiger partial charge on any atom is -0.478 e. The number of hydrogen-bond donors (Lipinski definition) is 2. The Labute approximate surface area is 179 Å². The van der Waals surface area contributed by atoms with Gasteiger partial charge in [0.15, 0.2) is 0 Å². The molecule has 30 heavy (non-hydrogen) atoms. The summed E-state index contributed by atoms with van der Waals surface area (Å²) in [6.45, 7) is 0. The number of nitrogens with zero attached hydrogens (tertiary/aromatic N) is 2.